The van der Waals surface area contributed by atoms with Gasteiger partial charge < -0.3 is 6.74 Å². The number of aromatic amines is 1. The van der Waals surface area contributed by atoms with Gasteiger partial charge in [-0.05, 0) is 35.2 Å². The van der Waals surface area contributed by atoms with Gasteiger partial charge in [-0.1, -0.05) is 42.5 Å². The Labute approximate surface area is 195 Å². The summed E-state index contributed by atoms with van der Waals surface area (Å²) in [5.74, 6) is -0.201. The molecular formula is C21H17N6NaO2. The van der Waals surface area contributed by atoms with Crippen molar-refractivity contribution in [1.29, 1.82) is 0 Å². The van der Waals surface area contributed by atoms with Crippen LogP contribution in [-0.4, -0.2) is 32.4 Å². The van der Waals surface area contributed by atoms with E-state index in [1.165, 1.54) is 0 Å². The van der Waals surface area contributed by atoms with Gasteiger partial charge in [-0.25, -0.2) is 0 Å². The molecule has 0 fully saturated rings. The summed E-state index contributed by atoms with van der Waals surface area (Å²) >= 11 is 0. The molecule has 0 aliphatic carbocycles. The molecule has 8 nitrogen and oxygen atoms in total. The van der Waals surface area contributed by atoms with Gasteiger partial charge in [0.15, 0.2) is 0 Å². The summed E-state index contributed by atoms with van der Waals surface area (Å²) in [5.41, 5.74) is 3.54. The molecule has 144 valence electrons. The molecule has 2 heterocycles. The van der Waals surface area contributed by atoms with Gasteiger partial charge in [-0.3, -0.25) is 14.5 Å². The average molecular weight is 408 g/mol. The van der Waals surface area contributed by atoms with Crippen LogP contribution in [-0.2, 0) is 9.59 Å². The summed E-state index contributed by atoms with van der Waals surface area (Å²) in [4.78, 5) is 27.1. The first kappa shape index (κ1) is 20.2. The molecule has 0 bridgehead atoms. The Kier molecular flexibility index (Phi) is 5.38. The van der Waals surface area contributed by atoms with Crippen LogP contribution in [0.1, 0.15) is 13.4 Å². The first-order valence-corrected chi connectivity index (χ1v) is 9.11. The van der Waals surface area contributed by atoms with Crippen LogP contribution in [0.25, 0.3) is 22.2 Å². The van der Waals surface area contributed by atoms with E-state index in [1.807, 2.05) is 61.5 Å². The minimum atomic E-state index is -0.331. The summed E-state index contributed by atoms with van der Waals surface area (Å²) < 4.78 is 0. The first-order chi connectivity index (χ1) is 14.1. The van der Waals surface area contributed by atoms with Crippen LogP contribution in [0.4, 0.5) is 17.1 Å². The van der Waals surface area contributed by atoms with Gasteiger partial charge in [0, 0.05) is 10.9 Å². The maximum absolute atomic E-state index is 13.1. The van der Waals surface area contributed by atoms with E-state index < -0.39 is 0 Å². The number of hydrogen-bond acceptors (Lipinski definition) is 5. The van der Waals surface area contributed by atoms with Crippen molar-refractivity contribution in [3.05, 3.63) is 60.2 Å². The molecule has 9 heteroatoms. The number of carbonyl (C=O) groups is 2. The summed E-state index contributed by atoms with van der Waals surface area (Å²) in [6.45, 7) is 1.92. The molecule has 3 aromatic carbocycles. The van der Waals surface area contributed by atoms with Crippen molar-refractivity contribution in [2.45, 2.75) is 13.3 Å². The Hall–Kier alpha value is -3.07. The monoisotopic (exact) mass is 408 g/mol. The zero-order valence-corrected chi connectivity index (χ0v) is 18.5. The van der Waals surface area contributed by atoms with Gasteiger partial charge >= 0.3 is 29.6 Å². The maximum Gasteiger partial charge on any atom is 1.00 e. The van der Waals surface area contributed by atoms with Crippen LogP contribution >= 0.6 is 0 Å². The molecular weight excluding hydrogens is 391 g/mol. The van der Waals surface area contributed by atoms with E-state index >= 15 is 0 Å². The smallest absolute Gasteiger partial charge is 1.00 e. The van der Waals surface area contributed by atoms with Crippen molar-refractivity contribution >= 4 is 39.6 Å². The fourth-order valence-electron chi connectivity index (χ4n) is 3.65. The second-order valence-electron chi connectivity index (χ2n) is 6.87. The molecule has 1 aromatic heterocycles. The number of carbonyl (C=O) groups excluding carboxylic acids is 2. The minimum Gasteiger partial charge on any atom is -1.00 e. The third kappa shape index (κ3) is 3.39. The van der Waals surface area contributed by atoms with Crippen molar-refractivity contribution in [3.8, 4) is 11.4 Å². The molecule has 1 aliphatic heterocycles. The minimum absolute atomic E-state index is 0. The largest absolute Gasteiger partial charge is 1.00 e. The number of anilines is 3. The number of rotatable bonds is 2. The van der Waals surface area contributed by atoms with Crippen LogP contribution in [0.15, 0.2) is 54.6 Å². The Balaban J connectivity index is 0.00000136. The number of H-pyrrole nitrogens is 1. The molecule has 0 atom stereocenters. The van der Waals surface area contributed by atoms with Crippen LogP contribution in [0.2, 0.25) is 0 Å². The molecule has 0 saturated heterocycles. The van der Waals surface area contributed by atoms with Crippen LogP contribution < -0.4 is 39.8 Å². The van der Waals surface area contributed by atoms with E-state index in [1.54, 1.807) is 4.90 Å². The Morgan fingerprint density at radius 3 is 2.67 bits per heavy atom. The van der Waals surface area contributed by atoms with E-state index in [0.717, 1.165) is 21.9 Å². The number of hydrogen-bond donors (Lipinski definition) is 2. The second-order valence-corrected chi connectivity index (χ2v) is 6.87. The number of tetrazole rings is 1. The molecule has 4 aromatic rings. The maximum atomic E-state index is 13.1. The number of aromatic nitrogens is 4. The third-order valence-corrected chi connectivity index (χ3v) is 5.03. The SMILES string of the molecule is Cc1ccc(-c2nn[nH]n2)cc1N1C(=O)CC(=O)Nc2c1ccc1ccccc21.[H-].[Na+]. The molecule has 30 heavy (non-hydrogen) atoms. The van der Waals surface area contributed by atoms with E-state index in [2.05, 4.69) is 25.9 Å². The standard InChI is InChI=1S/C21H16N6O2.Na.H/c1-12-6-7-14(21-23-25-26-24-21)10-17(12)27-16-9-8-13-4-2-3-5-15(13)20(16)22-18(28)11-19(27)29;;/h2-10H,11H2,1H3,(H,22,28)(H,23,24,25,26);;/q;+1;-1. The van der Waals surface area contributed by atoms with Crippen molar-refractivity contribution < 1.29 is 40.6 Å². The van der Waals surface area contributed by atoms with Crippen molar-refractivity contribution in [2.24, 2.45) is 0 Å². The van der Waals surface area contributed by atoms with Crippen LogP contribution in [0.5, 0.6) is 0 Å². The fraction of sp³-hybridized carbons (Fsp3) is 0.0952. The summed E-state index contributed by atoms with van der Waals surface area (Å²) in [7, 11) is 0. The zero-order chi connectivity index (χ0) is 20.0. The summed E-state index contributed by atoms with van der Waals surface area (Å²) in [6, 6.07) is 17.2. The second kappa shape index (κ2) is 7.98. The number of amides is 2. The predicted molar refractivity (Wildman–Crippen MR) is 110 cm³/mol. The number of aryl methyl sites for hydroxylation is 1. The van der Waals surface area contributed by atoms with Gasteiger partial charge in [-0.15, -0.1) is 10.2 Å². The molecule has 0 unspecified atom stereocenters. The first-order valence-electron chi connectivity index (χ1n) is 9.11. The van der Waals surface area contributed by atoms with E-state index in [9.17, 15) is 9.59 Å². The van der Waals surface area contributed by atoms with E-state index in [0.29, 0.717) is 22.9 Å². The number of benzene rings is 3. The Morgan fingerprint density at radius 1 is 1.03 bits per heavy atom. The molecule has 0 saturated carbocycles. The third-order valence-electron chi connectivity index (χ3n) is 5.03. The number of nitrogens with one attached hydrogen (secondary N) is 2. The van der Waals surface area contributed by atoms with Crippen LogP contribution in [0, 0.1) is 6.92 Å². The van der Waals surface area contributed by atoms with Gasteiger partial charge in [0.05, 0.1) is 17.1 Å². The zero-order valence-electron chi connectivity index (χ0n) is 17.5. The van der Waals surface area contributed by atoms with E-state index in [4.69, 9.17) is 0 Å². The topological polar surface area (TPSA) is 104 Å². The fourth-order valence-corrected chi connectivity index (χ4v) is 3.65. The van der Waals surface area contributed by atoms with Gasteiger partial charge in [0.2, 0.25) is 17.6 Å². The normalized spacial score (nSPS) is 13.4. The summed E-state index contributed by atoms with van der Waals surface area (Å²) in [5, 5.41) is 18.9. The molecule has 2 N–H and O–H groups in total. The Morgan fingerprint density at radius 2 is 1.87 bits per heavy atom. The van der Waals surface area contributed by atoms with Gasteiger partial charge in [-0.2, -0.15) is 5.21 Å². The van der Waals surface area contributed by atoms with Crippen molar-refractivity contribution in [2.75, 3.05) is 10.2 Å². The Bertz CT molecular complexity index is 1280. The predicted octanol–water partition coefficient (Wildman–Crippen LogP) is 0.452. The quantitative estimate of drug-likeness (QED) is 0.370. The molecule has 0 spiro atoms. The van der Waals surface area contributed by atoms with Crippen molar-refractivity contribution in [3.63, 3.8) is 0 Å². The molecule has 5 rings (SSSR count). The molecule has 0 radical (unpaired) electrons. The number of fused-ring (bicyclic) bond motifs is 3. The molecule has 1 aliphatic rings. The summed E-state index contributed by atoms with van der Waals surface area (Å²) in [6.07, 6.45) is -0.241. The average Bonchev–Trinajstić information content (AvgIpc) is 3.21. The number of nitrogens with zero attached hydrogens (tertiary/aromatic N) is 4. The van der Waals surface area contributed by atoms with Gasteiger partial charge in [0.25, 0.3) is 0 Å². The van der Waals surface area contributed by atoms with Crippen LogP contribution in [0.3, 0.4) is 0 Å². The van der Waals surface area contributed by atoms with Gasteiger partial charge in [0.1, 0.15) is 6.42 Å². The molecule has 2 amide bonds. The van der Waals surface area contributed by atoms with Crippen molar-refractivity contribution in [1.82, 2.24) is 20.6 Å². The van der Waals surface area contributed by atoms with E-state index in [-0.39, 0.29) is 49.2 Å².